The maximum atomic E-state index is 12.7. The summed E-state index contributed by atoms with van der Waals surface area (Å²) >= 11 is 0. The van der Waals surface area contributed by atoms with Gasteiger partial charge >= 0.3 is 0 Å². The number of amides is 2. The van der Waals surface area contributed by atoms with Gasteiger partial charge in [-0.15, -0.1) is 0 Å². The average Bonchev–Trinajstić information content (AvgIpc) is 3.15. The van der Waals surface area contributed by atoms with E-state index in [2.05, 4.69) is 16.2 Å². The lowest BCUT2D eigenvalue weighted by molar-refractivity contribution is -0.134. The topological polar surface area (TPSA) is 73.5 Å². The number of likely N-dealkylation sites (N-methyl/N-ethyl adjacent to an activating group) is 1. The van der Waals surface area contributed by atoms with Gasteiger partial charge in [-0.25, -0.2) is 10.9 Å². The minimum Gasteiger partial charge on any atom is -0.335 e. The van der Waals surface area contributed by atoms with Gasteiger partial charge in [-0.05, 0) is 43.0 Å². The highest BCUT2D eigenvalue weighted by molar-refractivity contribution is 5.95. The van der Waals surface area contributed by atoms with Crippen molar-refractivity contribution >= 4 is 17.5 Å². The van der Waals surface area contributed by atoms with Crippen LogP contribution in [0.4, 0.5) is 5.69 Å². The van der Waals surface area contributed by atoms with Crippen molar-refractivity contribution in [2.45, 2.75) is 32.4 Å². The molecule has 6 nitrogen and oxygen atoms in total. The number of hydrazine groups is 1. The molecule has 1 heterocycles. The Hall–Kier alpha value is -2.70. The Morgan fingerprint density at radius 3 is 2.56 bits per heavy atom. The number of nitrogens with zero attached hydrogens (tertiary/aromatic N) is 1. The van der Waals surface area contributed by atoms with E-state index in [1.807, 2.05) is 62.4 Å². The number of rotatable bonds is 5. The molecule has 2 amide bonds. The maximum absolute atomic E-state index is 12.7. The van der Waals surface area contributed by atoms with Crippen LogP contribution in [-0.4, -0.2) is 36.3 Å². The van der Waals surface area contributed by atoms with Gasteiger partial charge in [0.15, 0.2) is 0 Å². The van der Waals surface area contributed by atoms with E-state index in [1.54, 1.807) is 7.05 Å². The summed E-state index contributed by atoms with van der Waals surface area (Å²) in [5.41, 5.74) is 10.3. The molecule has 2 atom stereocenters. The molecule has 0 aliphatic carbocycles. The fourth-order valence-electron chi connectivity index (χ4n) is 3.26. The van der Waals surface area contributed by atoms with Crippen LogP contribution in [-0.2, 0) is 9.59 Å². The molecule has 1 saturated heterocycles. The minimum absolute atomic E-state index is 0.0143. The first-order chi connectivity index (χ1) is 13.0. The second-order valence-corrected chi connectivity index (χ2v) is 7.03. The molecular weight excluding hydrogens is 340 g/mol. The van der Waals surface area contributed by atoms with Crippen LogP contribution >= 0.6 is 0 Å². The molecular formula is C21H26N4O2. The van der Waals surface area contributed by atoms with Crippen LogP contribution in [0.3, 0.4) is 0 Å². The molecule has 0 saturated carbocycles. The van der Waals surface area contributed by atoms with Crippen LogP contribution < -0.4 is 16.2 Å². The van der Waals surface area contributed by atoms with E-state index in [9.17, 15) is 9.59 Å². The fraction of sp³-hybridized carbons (Fsp3) is 0.333. The standard InChI is InChI=1S/C21H26N4O2/c1-14-8-7-11-17(15(14)2)22-20(26)13-25(3)21(27)19-12-18(23-24-19)16-9-5-4-6-10-16/h4-11,18-19,23-24H,12-13H2,1-3H3,(H,22,26). The molecule has 3 rings (SSSR count). The average molecular weight is 366 g/mol. The van der Waals surface area contributed by atoms with Gasteiger partial charge in [0.25, 0.3) is 0 Å². The summed E-state index contributed by atoms with van der Waals surface area (Å²) in [7, 11) is 1.66. The summed E-state index contributed by atoms with van der Waals surface area (Å²) in [6.45, 7) is 3.99. The van der Waals surface area contributed by atoms with Crippen LogP contribution in [0.1, 0.15) is 29.2 Å². The van der Waals surface area contributed by atoms with Crippen LogP contribution in [0.2, 0.25) is 0 Å². The predicted octanol–water partition coefficient (Wildman–Crippen LogP) is 2.31. The molecule has 6 heteroatoms. The highest BCUT2D eigenvalue weighted by atomic mass is 16.2. The Bertz CT molecular complexity index is 822. The number of carbonyl (C=O) groups excluding carboxylic acids is 2. The highest BCUT2D eigenvalue weighted by Crippen LogP contribution is 2.22. The van der Waals surface area contributed by atoms with Crippen LogP contribution in [0.15, 0.2) is 48.5 Å². The fourth-order valence-corrected chi connectivity index (χ4v) is 3.26. The zero-order chi connectivity index (χ0) is 19.4. The van der Waals surface area contributed by atoms with Crippen molar-refractivity contribution in [1.82, 2.24) is 15.8 Å². The molecule has 0 spiro atoms. The number of hydrogen-bond acceptors (Lipinski definition) is 4. The lowest BCUT2D eigenvalue weighted by Gasteiger charge is -2.20. The van der Waals surface area contributed by atoms with Gasteiger partial charge < -0.3 is 10.2 Å². The first kappa shape index (κ1) is 19.1. The Morgan fingerprint density at radius 1 is 1.07 bits per heavy atom. The van der Waals surface area contributed by atoms with Crippen molar-refractivity contribution in [1.29, 1.82) is 0 Å². The third-order valence-corrected chi connectivity index (χ3v) is 5.04. The molecule has 27 heavy (non-hydrogen) atoms. The van der Waals surface area contributed by atoms with Gasteiger partial charge in [-0.2, -0.15) is 0 Å². The van der Waals surface area contributed by atoms with Crippen molar-refractivity contribution in [3.63, 3.8) is 0 Å². The van der Waals surface area contributed by atoms with Gasteiger partial charge in [-0.1, -0.05) is 42.5 Å². The lowest BCUT2D eigenvalue weighted by Crippen LogP contribution is -2.46. The second-order valence-electron chi connectivity index (χ2n) is 7.03. The molecule has 2 aromatic carbocycles. The van der Waals surface area contributed by atoms with E-state index in [-0.39, 0.29) is 30.4 Å². The van der Waals surface area contributed by atoms with Gasteiger partial charge in [0.05, 0.1) is 6.54 Å². The molecule has 0 aromatic heterocycles. The van der Waals surface area contributed by atoms with Gasteiger partial charge in [0.2, 0.25) is 11.8 Å². The summed E-state index contributed by atoms with van der Waals surface area (Å²) in [5, 5.41) is 2.89. The van der Waals surface area contributed by atoms with Crippen LogP contribution in [0, 0.1) is 13.8 Å². The number of hydrogen-bond donors (Lipinski definition) is 3. The van der Waals surface area contributed by atoms with E-state index in [0.29, 0.717) is 6.42 Å². The van der Waals surface area contributed by atoms with Crippen LogP contribution in [0.25, 0.3) is 0 Å². The Labute approximate surface area is 159 Å². The SMILES string of the molecule is Cc1cccc(NC(=O)CN(C)C(=O)C2CC(c3ccccc3)NN2)c1C. The largest absolute Gasteiger partial charge is 0.335 e. The van der Waals surface area contributed by atoms with Gasteiger partial charge in [-0.3, -0.25) is 9.59 Å². The molecule has 0 bridgehead atoms. The molecule has 3 N–H and O–H groups in total. The summed E-state index contributed by atoms with van der Waals surface area (Å²) in [5.74, 6) is -0.304. The van der Waals surface area contributed by atoms with Crippen molar-refractivity contribution in [3.05, 3.63) is 65.2 Å². The predicted molar refractivity (Wildman–Crippen MR) is 106 cm³/mol. The van der Waals surface area contributed by atoms with Crippen molar-refractivity contribution in [2.75, 3.05) is 18.9 Å². The summed E-state index contributed by atoms with van der Waals surface area (Å²) in [6, 6.07) is 15.5. The monoisotopic (exact) mass is 366 g/mol. The lowest BCUT2D eigenvalue weighted by atomic mass is 10.0. The zero-order valence-corrected chi connectivity index (χ0v) is 16.0. The van der Waals surface area contributed by atoms with E-state index in [4.69, 9.17) is 0 Å². The Balaban J connectivity index is 1.55. The molecule has 1 aliphatic rings. The Kier molecular flexibility index (Phi) is 5.88. The quantitative estimate of drug-likeness (QED) is 0.759. The van der Waals surface area contributed by atoms with Crippen molar-refractivity contribution < 1.29 is 9.59 Å². The number of anilines is 1. The second kappa shape index (κ2) is 8.33. The molecule has 142 valence electrons. The Morgan fingerprint density at radius 2 is 1.81 bits per heavy atom. The van der Waals surface area contributed by atoms with E-state index in [0.717, 1.165) is 22.4 Å². The number of nitrogens with one attached hydrogen (secondary N) is 3. The first-order valence-electron chi connectivity index (χ1n) is 9.12. The number of aryl methyl sites for hydroxylation is 1. The molecule has 1 aliphatic heterocycles. The smallest absolute Gasteiger partial charge is 0.243 e. The van der Waals surface area contributed by atoms with Gasteiger partial charge in [0, 0.05) is 18.8 Å². The van der Waals surface area contributed by atoms with Crippen LogP contribution in [0.5, 0.6) is 0 Å². The summed E-state index contributed by atoms with van der Waals surface area (Å²) in [6.07, 6.45) is 0.645. The molecule has 1 fully saturated rings. The number of benzene rings is 2. The normalized spacial score (nSPS) is 18.9. The van der Waals surface area contributed by atoms with Gasteiger partial charge in [0.1, 0.15) is 6.04 Å². The van der Waals surface area contributed by atoms with E-state index >= 15 is 0 Å². The van der Waals surface area contributed by atoms with Crippen molar-refractivity contribution in [2.24, 2.45) is 0 Å². The summed E-state index contributed by atoms with van der Waals surface area (Å²) in [4.78, 5) is 26.5. The van der Waals surface area contributed by atoms with E-state index in [1.165, 1.54) is 4.90 Å². The minimum atomic E-state index is -0.353. The molecule has 0 radical (unpaired) electrons. The molecule has 2 unspecified atom stereocenters. The number of carbonyl (C=O) groups is 2. The third kappa shape index (κ3) is 4.53. The third-order valence-electron chi connectivity index (χ3n) is 5.04. The summed E-state index contributed by atoms with van der Waals surface area (Å²) < 4.78 is 0. The van der Waals surface area contributed by atoms with E-state index < -0.39 is 0 Å². The highest BCUT2D eigenvalue weighted by Gasteiger charge is 2.32. The maximum Gasteiger partial charge on any atom is 0.243 e. The molecule has 2 aromatic rings. The van der Waals surface area contributed by atoms with Crippen molar-refractivity contribution in [3.8, 4) is 0 Å². The first-order valence-corrected chi connectivity index (χ1v) is 9.12. The zero-order valence-electron chi connectivity index (χ0n) is 16.0.